The van der Waals surface area contributed by atoms with Crippen LogP contribution < -0.4 is 10.1 Å². The van der Waals surface area contributed by atoms with Crippen LogP contribution in [0.5, 0.6) is 5.75 Å². The number of nitrogens with one attached hydrogen (secondary N) is 1. The second kappa shape index (κ2) is 7.03. The molecule has 1 aliphatic rings. The molecule has 0 saturated carbocycles. The van der Waals surface area contributed by atoms with Crippen LogP contribution in [0.3, 0.4) is 0 Å². The quantitative estimate of drug-likeness (QED) is 0.873. The third-order valence-electron chi connectivity index (χ3n) is 4.28. The summed E-state index contributed by atoms with van der Waals surface area (Å²) in [5.74, 6) is 1.73. The number of fused-ring (bicyclic) bond motifs is 1. The van der Waals surface area contributed by atoms with Gasteiger partial charge in [-0.1, -0.05) is 12.1 Å². The summed E-state index contributed by atoms with van der Waals surface area (Å²) >= 11 is 0. The van der Waals surface area contributed by atoms with Gasteiger partial charge in [0, 0.05) is 11.9 Å². The summed E-state index contributed by atoms with van der Waals surface area (Å²) in [5, 5.41) is 4.26. The van der Waals surface area contributed by atoms with E-state index in [2.05, 4.69) is 5.32 Å². The number of hydrogen-bond donors (Lipinski definition) is 1. The number of alkyl halides is 3. The van der Waals surface area contributed by atoms with Crippen LogP contribution in [0, 0.1) is 5.92 Å². The first-order chi connectivity index (χ1) is 11.4. The molecule has 1 aromatic heterocycles. The number of hydrogen-bond acceptors (Lipinski definition) is 4. The molecule has 1 fully saturated rings. The summed E-state index contributed by atoms with van der Waals surface area (Å²) in [5.41, 5.74) is 0.717. The van der Waals surface area contributed by atoms with Crippen LogP contribution in [0.15, 0.2) is 28.7 Å². The van der Waals surface area contributed by atoms with Crippen molar-refractivity contribution in [1.82, 2.24) is 10.2 Å². The first-order valence-electron chi connectivity index (χ1n) is 8.00. The fourth-order valence-corrected chi connectivity index (χ4v) is 3.21. The fourth-order valence-electron chi connectivity index (χ4n) is 3.21. The third kappa shape index (κ3) is 4.21. The Bertz CT molecular complexity index is 684. The van der Waals surface area contributed by atoms with Gasteiger partial charge in [0.2, 0.25) is 0 Å². The van der Waals surface area contributed by atoms with E-state index in [1.807, 2.05) is 24.3 Å². The molecule has 24 heavy (non-hydrogen) atoms. The first-order valence-corrected chi connectivity index (χ1v) is 8.00. The summed E-state index contributed by atoms with van der Waals surface area (Å²) in [6.07, 6.45) is -3.33. The molecule has 0 unspecified atom stereocenters. The number of nitrogens with zero attached hydrogens (tertiary/aromatic N) is 1. The van der Waals surface area contributed by atoms with Crippen LogP contribution >= 0.6 is 0 Å². The second-order valence-electron chi connectivity index (χ2n) is 6.23. The molecule has 2 aromatic rings. The van der Waals surface area contributed by atoms with Crippen molar-refractivity contribution in [1.29, 1.82) is 0 Å². The van der Waals surface area contributed by atoms with E-state index >= 15 is 0 Å². The minimum absolute atomic E-state index is 0.242. The summed E-state index contributed by atoms with van der Waals surface area (Å²) in [7, 11) is 1.60. The Labute approximate surface area is 138 Å². The number of para-hydroxylation sites is 1. The van der Waals surface area contributed by atoms with Gasteiger partial charge in [0.15, 0.2) is 11.3 Å². The van der Waals surface area contributed by atoms with Crippen molar-refractivity contribution in [2.75, 3.05) is 33.3 Å². The van der Waals surface area contributed by atoms with Crippen LogP contribution in [0.1, 0.15) is 12.2 Å². The highest BCUT2D eigenvalue weighted by Gasteiger charge is 2.34. The number of methoxy groups -OCH3 is 1. The lowest BCUT2D eigenvalue weighted by Gasteiger charge is -2.17. The highest BCUT2D eigenvalue weighted by Crippen LogP contribution is 2.28. The van der Waals surface area contributed by atoms with Crippen molar-refractivity contribution >= 4 is 11.0 Å². The zero-order valence-electron chi connectivity index (χ0n) is 13.5. The Hall–Kier alpha value is -1.73. The highest BCUT2D eigenvalue weighted by atomic mass is 19.4. The molecule has 4 nitrogen and oxygen atoms in total. The Morgan fingerprint density at radius 3 is 2.96 bits per heavy atom. The Morgan fingerprint density at radius 2 is 2.21 bits per heavy atom. The number of ether oxygens (including phenoxy) is 1. The van der Waals surface area contributed by atoms with Gasteiger partial charge in [-0.3, -0.25) is 4.90 Å². The zero-order valence-corrected chi connectivity index (χ0v) is 13.5. The van der Waals surface area contributed by atoms with Crippen molar-refractivity contribution in [2.45, 2.75) is 19.1 Å². The standard InChI is InChI=1S/C17H21F3N2O2/c1-23-15-4-2-3-13-7-14(24-16(13)15)9-21-8-12-5-6-22(10-12)11-17(18,19)20/h2-4,7,12,21H,5-6,8-11H2,1H3/t12-/m0/s1. The van der Waals surface area contributed by atoms with Crippen molar-refractivity contribution < 1.29 is 22.3 Å². The normalized spacial score (nSPS) is 19.2. The largest absolute Gasteiger partial charge is 0.493 e. The summed E-state index contributed by atoms with van der Waals surface area (Å²) in [6.45, 7) is 1.41. The van der Waals surface area contributed by atoms with Gasteiger partial charge in [-0.25, -0.2) is 0 Å². The molecule has 1 aromatic carbocycles. The van der Waals surface area contributed by atoms with Gasteiger partial charge in [-0.2, -0.15) is 13.2 Å². The van der Waals surface area contributed by atoms with E-state index in [0.29, 0.717) is 37.5 Å². The molecule has 0 aliphatic carbocycles. The van der Waals surface area contributed by atoms with Crippen LogP contribution in [0.4, 0.5) is 13.2 Å². The maximum Gasteiger partial charge on any atom is 0.401 e. The van der Waals surface area contributed by atoms with Gasteiger partial charge in [-0.05, 0) is 37.6 Å². The van der Waals surface area contributed by atoms with Crippen LogP contribution in [0.2, 0.25) is 0 Å². The van der Waals surface area contributed by atoms with Crippen LogP contribution in [-0.4, -0.2) is 44.4 Å². The van der Waals surface area contributed by atoms with Crippen molar-refractivity contribution in [3.8, 4) is 5.75 Å². The fraction of sp³-hybridized carbons (Fsp3) is 0.529. The predicted octanol–water partition coefficient (Wildman–Crippen LogP) is 3.42. The molecular formula is C17H21F3N2O2. The lowest BCUT2D eigenvalue weighted by Crippen LogP contribution is -2.33. The molecule has 0 radical (unpaired) electrons. The molecule has 1 aliphatic heterocycles. The molecule has 1 saturated heterocycles. The van der Waals surface area contributed by atoms with Gasteiger partial charge < -0.3 is 14.5 Å². The average molecular weight is 342 g/mol. The van der Waals surface area contributed by atoms with E-state index in [1.165, 1.54) is 4.90 Å². The molecule has 7 heteroatoms. The monoisotopic (exact) mass is 342 g/mol. The number of furan rings is 1. The lowest BCUT2D eigenvalue weighted by atomic mass is 10.1. The molecule has 132 valence electrons. The molecule has 0 amide bonds. The molecule has 0 bridgehead atoms. The van der Waals surface area contributed by atoms with Crippen molar-refractivity contribution in [3.63, 3.8) is 0 Å². The Kier molecular flexibility index (Phi) is 5.01. The summed E-state index contributed by atoms with van der Waals surface area (Å²) in [4.78, 5) is 1.47. The SMILES string of the molecule is COc1cccc2cc(CNC[C@@H]3CCN(CC(F)(F)F)C3)oc12. The van der Waals surface area contributed by atoms with Gasteiger partial charge in [0.05, 0.1) is 20.2 Å². The minimum Gasteiger partial charge on any atom is -0.493 e. The number of likely N-dealkylation sites (tertiary alicyclic amines) is 1. The van der Waals surface area contributed by atoms with Gasteiger partial charge in [-0.15, -0.1) is 0 Å². The number of rotatable bonds is 6. The molecule has 1 atom stereocenters. The topological polar surface area (TPSA) is 37.6 Å². The number of halogens is 3. The molecule has 0 spiro atoms. The predicted molar refractivity (Wildman–Crippen MR) is 85.1 cm³/mol. The average Bonchev–Trinajstić information content (AvgIpc) is 3.11. The minimum atomic E-state index is -4.12. The maximum atomic E-state index is 12.4. The van der Waals surface area contributed by atoms with E-state index < -0.39 is 12.7 Å². The Balaban J connectivity index is 1.49. The summed E-state index contributed by atoms with van der Waals surface area (Å²) < 4.78 is 48.2. The van der Waals surface area contributed by atoms with E-state index in [9.17, 15) is 13.2 Å². The van der Waals surface area contributed by atoms with Crippen molar-refractivity contribution in [2.24, 2.45) is 5.92 Å². The summed E-state index contributed by atoms with van der Waals surface area (Å²) in [6, 6.07) is 7.66. The van der Waals surface area contributed by atoms with Gasteiger partial charge in [0.1, 0.15) is 5.76 Å². The van der Waals surface area contributed by atoms with Crippen LogP contribution in [-0.2, 0) is 6.54 Å². The van der Waals surface area contributed by atoms with Gasteiger partial charge in [0.25, 0.3) is 0 Å². The third-order valence-corrected chi connectivity index (χ3v) is 4.28. The lowest BCUT2D eigenvalue weighted by molar-refractivity contribution is -0.143. The van der Waals surface area contributed by atoms with E-state index in [0.717, 1.165) is 17.6 Å². The number of benzene rings is 1. The maximum absolute atomic E-state index is 12.4. The molecule has 2 heterocycles. The zero-order chi connectivity index (χ0) is 17.2. The van der Waals surface area contributed by atoms with Crippen LogP contribution in [0.25, 0.3) is 11.0 Å². The second-order valence-corrected chi connectivity index (χ2v) is 6.23. The van der Waals surface area contributed by atoms with E-state index in [4.69, 9.17) is 9.15 Å². The molecular weight excluding hydrogens is 321 g/mol. The first kappa shape index (κ1) is 17.1. The highest BCUT2D eigenvalue weighted by molar-refractivity contribution is 5.83. The molecule has 3 rings (SSSR count). The van der Waals surface area contributed by atoms with Crippen molar-refractivity contribution in [3.05, 3.63) is 30.0 Å². The van der Waals surface area contributed by atoms with E-state index in [-0.39, 0.29) is 5.92 Å². The van der Waals surface area contributed by atoms with Gasteiger partial charge >= 0.3 is 6.18 Å². The smallest absolute Gasteiger partial charge is 0.401 e. The van der Waals surface area contributed by atoms with E-state index in [1.54, 1.807) is 7.11 Å². The Morgan fingerprint density at radius 1 is 1.38 bits per heavy atom. The molecule has 1 N–H and O–H groups in total.